The smallest absolute Gasteiger partial charge is 0.152 e. The summed E-state index contributed by atoms with van der Waals surface area (Å²) >= 11 is 0. The number of aromatic nitrogens is 1. The number of fused-ring (bicyclic) bond motifs is 1. The topological polar surface area (TPSA) is 25.2 Å². The van der Waals surface area contributed by atoms with Crippen LogP contribution in [-0.4, -0.2) is 17.9 Å². The van der Waals surface area contributed by atoms with Crippen LogP contribution in [0.5, 0.6) is 0 Å². The summed E-state index contributed by atoms with van der Waals surface area (Å²) in [6.07, 6.45) is 2.86. The van der Waals surface area contributed by atoms with Crippen LogP contribution in [0.1, 0.15) is 21.5 Å². The third-order valence-corrected chi connectivity index (χ3v) is 4.03. The van der Waals surface area contributed by atoms with Crippen LogP contribution in [0.25, 0.3) is 10.9 Å². The molecule has 0 spiro atoms. The summed E-state index contributed by atoms with van der Waals surface area (Å²) in [5.41, 5.74) is 5.45. The van der Waals surface area contributed by atoms with Gasteiger partial charge in [-0.15, -0.1) is 0 Å². The molecule has 0 aliphatic carbocycles. The molecular formula is C19H20N2O. The quantitative estimate of drug-likeness (QED) is 0.674. The Kier molecular flexibility index (Phi) is 3.72. The Labute approximate surface area is 130 Å². The number of carbonyl (C=O) groups is 1. The molecule has 0 N–H and O–H groups in total. The van der Waals surface area contributed by atoms with E-state index in [1.165, 1.54) is 11.1 Å². The predicted molar refractivity (Wildman–Crippen MR) is 91.6 cm³/mol. The Morgan fingerprint density at radius 3 is 2.41 bits per heavy atom. The first-order chi connectivity index (χ1) is 10.6. The summed E-state index contributed by atoms with van der Waals surface area (Å²) < 4.78 is 2.13. The zero-order valence-corrected chi connectivity index (χ0v) is 13.2. The Hall–Kier alpha value is -2.55. The first kappa shape index (κ1) is 14.4. The number of hydrogen-bond donors (Lipinski definition) is 0. The molecule has 1 heterocycles. The van der Waals surface area contributed by atoms with Crippen molar-refractivity contribution in [2.24, 2.45) is 0 Å². The van der Waals surface area contributed by atoms with E-state index in [-0.39, 0.29) is 0 Å². The van der Waals surface area contributed by atoms with Gasteiger partial charge < -0.3 is 9.47 Å². The van der Waals surface area contributed by atoms with Gasteiger partial charge in [-0.25, -0.2) is 0 Å². The van der Waals surface area contributed by atoms with Crippen LogP contribution >= 0.6 is 0 Å². The van der Waals surface area contributed by atoms with Crippen molar-refractivity contribution in [2.75, 3.05) is 11.9 Å². The number of aryl methyl sites for hydroxylation is 2. The third kappa shape index (κ3) is 2.62. The maximum Gasteiger partial charge on any atom is 0.152 e. The maximum absolute atomic E-state index is 11.3. The Morgan fingerprint density at radius 1 is 1.05 bits per heavy atom. The van der Waals surface area contributed by atoms with Crippen LogP contribution in [-0.2, 0) is 6.67 Å². The van der Waals surface area contributed by atoms with Gasteiger partial charge in [0.15, 0.2) is 6.29 Å². The van der Waals surface area contributed by atoms with Crippen molar-refractivity contribution in [3.63, 3.8) is 0 Å². The number of anilines is 1. The fraction of sp³-hybridized carbons (Fsp3) is 0.211. The molecule has 0 saturated heterocycles. The van der Waals surface area contributed by atoms with Crippen molar-refractivity contribution in [1.29, 1.82) is 0 Å². The third-order valence-electron chi connectivity index (χ3n) is 4.03. The van der Waals surface area contributed by atoms with Crippen LogP contribution in [0.2, 0.25) is 0 Å². The summed E-state index contributed by atoms with van der Waals surface area (Å²) in [6, 6.07) is 14.7. The molecule has 0 amide bonds. The molecule has 112 valence electrons. The van der Waals surface area contributed by atoms with Crippen molar-refractivity contribution in [3.8, 4) is 0 Å². The second kappa shape index (κ2) is 5.68. The van der Waals surface area contributed by atoms with Gasteiger partial charge >= 0.3 is 0 Å². The lowest BCUT2D eigenvalue weighted by molar-refractivity contribution is 0.112. The lowest BCUT2D eigenvalue weighted by Gasteiger charge is -2.21. The zero-order valence-electron chi connectivity index (χ0n) is 13.2. The van der Waals surface area contributed by atoms with E-state index in [9.17, 15) is 4.79 Å². The number of hydrogen-bond acceptors (Lipinski definition) is 2. The molecule has 0 aliphatic heterocycles. The fourth-order valence-corrected chi connectivity index (χ4v) is 2.75. The Bertz CT molecular complexity index is 815. The van der Waals surface area contributed by atoms with Gasteiger partial charge in [-0.3, -0.25) is 4.79 Å². The van der Waals surface area contributed by atoms with Crippen LogP contribution in [0, 0.1) is 13.8 Å². The standard InChI is InChI=1S/C19H20N2O/c1-14-4-7-17(8-5-14)20(3)13-21-11-16(12-22)18-9-6-15(2)10-19(18)21/h4-12H,13H2,1-3H3. The van der Waals surface area contributed by atoms with E-state index in [1.54, 1.807) is 0 Å². The molecule has 22 heavy (non-hydrogen) atoms. The molecule has 2 aromatic carbocycles. The van der Waals surface area contributed by atoms with E-state index in [0.29, 0.717) is 6.67 Å². The fourth-order valence-electron chi connectivity index (χ4n) is 2.75. The molecule has 0 bridgehead atoms. The highest BCUT2D eigenvalue weighted by atomic mass is 16.1. The first-order valence-electron chi connectivity index (χ1n) is 7.41. The minimum Gasteiger partial charge on any atom is -0.357 e. The van der Waals surface area contributed by atoms with Gasteiger partial charge in [0, 0.05) is 29.9 Å². The average molecular weight is 292 g/mol. The molecule has 0 aliphatic rings. The monoisotopic (exact) mass is 292 g/mol. The normalized spacial score (nSPS) is 10.9. The van der Waals surface area contributed by atoms with Gasteiger partial charge in [-0.05, 0) is 37.6 Å². The van der Waals surface area contributed by atoms with Gasteiger partial charge in [0.1, 0.15) is 0 Å². The van der Waals surface area contributed by atoms with Crippen LogP contribution in [0.4, 0.5) is 5.69 Å². The summed E-state index contributed by atoms with van der Waals surface area (Å²) in [4.78, 5) is 13.5. The van der Waals surface area contributed by atoms with Crippen molar-refractivity contribution >= 4 is 22.9 Å². The second-order valence-corrected chi connectivity index (χ2v) is 5.87. The van der Waals surface area contributed by atoms with Crippen molar-refractivity contribution in [2.45, 2.75) is 20.5 Å². The maximum atomic E-state index is 11.3. The molecule has 3 nitrogen and oxygen atoms in total. The molecule has 0 radical (unpaired) electrons. The molecule has 0 saturated carbocycles. The van der Waals surface area contributed by atoms with E-state index < -0.39 is 0 Å². The van der Waals surface area contributed by atoms with E-state index in [0.717, 1.165) is 28.4 Å². The van der Waals surface area contributed by atoms with E-state index in [1.807, 2.05) is 18.3 Å². The molecule has 0 unspecified atom stereocenters. The highest BCUT2D eigenvalue weighted by Gasteiger charge is 2.10. The molecule has 3 rings (SSSR count). The van der Waals surface area contributed by atoms with Gasteiger partial charge in [-0.2, -0.15) is 0 Å². The van der Waals surface area contributed by atoms with Gasteiger partial charge in [0.25, 0.3) is 0 Å². The van der Waals surface area contributed by atoms with E-state index in [2.05, 4.69) is 60.7 Å². The van der Waals surface area contributed by atoms with Gasteiger partial charge in [0.05, 0.1) is 12.2 Å². The average Bonchev–Trinajstić information content (AvgIpc) is 2.85. The predicted octanol–water partition coefficient (Wildman–Crippen LogP) is 4.16. The summed E-state index contributed by atoms with van der Waals surface area (Å²) in [6.45, 7) is 4.86. The lowest BCUT2D eigenvalue weighted by Crippen LogP contribution is -2.20. The molecule has 1 aromatic heterocycles. The molecule has 0 fully saturated rings. The number of rotatable bonds is 4. The van der Waals surface area contributed by atoms with Crippen LogP contribution in [0.15, 0.2) is 48.7 Å². The molecule has 3 heteroatoms. The van der Waals surface area contributed by atoms with Gasteiger partial charge in [-0.1, -0.05) is 29.8 Å². The van der Waals surface area contributed by atoms with E-state index in [4.69, 9.17) is 0 Å². The molecular weight excluding hydrogens is 272 g/mol. The highest BCUT2D eigenvalue weighted by Crippen LogP contribution is 2.23. The lowest BCUT2D eigenvalue weighted by atomic mass is 10.1. The van der Waals surface area contributed by atoms with Gasteiger partial charge in [0.2, 0.25) is 0 Å². The number of carbonyl (C=O) groups excluding carboxylic acids is 1. The second-order valence-electron chi connectivity index (χ2n) is 5.87. The molecule has 0 atom stereocenters. The van der Waals surface area contributed by atoms with E-state index >= 15 is 0 Å². The number of nitrogens with zero attached hydrogens (tertiary/aromatic N) is 2. The first-order valence-corrected chi connectivity index (χ1v) is 7.41. The Balaban J connectivity index is 1.97. The zero-order chi connectivity index (χ0) is 15.7. The minimum atomic E-state index is 0.705. The van der Waals surface area contributed by atoms with Crippen molar-refractivity contribution in [3.05, 3.63) is 65.4 Å². The van der Waals surface area contributed by atoms with Crippen molar-refractivity contribution in [1.82, 2.24) is 4.57 Å². The summed E-state index contributed by atoms with van der Waals surface area (Å²) in [7, 11) is 2.06. The minimum absolute atomic E-state index is 0.705. The summed E-state index contributed by atoms with van der Waals surface area (Å²) in [5, 5.41) is 1.01. The van der Waals surface area contributed by atoms with Crippen LogP contribution in [0.3, 0.4) is 0 Å². The summed E-state index contributed by atoms with van der Waals surface area (Å²) in [5.74, 6) is 0. The van der Waals surface area contributed by atoms with Crippen molar-refractivity contribution < 1.29 is 4.79 Å². The Morgan fingerprint density at radius 2 is 1.73 bits per heavy atom. The number of benzene rings is 2. The molecule has 3 aromatic rings. The largest absolute Gasteiger partial charge is 0.357 e. The highest BCUT2D eigenvalue weighted by molar-refractivity contribution is 5.97. The SMILES string of the molecule is Cc1ccc(N(C)Cn2cc(C=O)c3ccc(C)cc32)cc1. The van der Waals surface area contributed by atoms with Crippen LogP contribution < -0.4 is 4.90 Å². The number of aldehydes is 1.